The highest BCUT2D eigenvalue weighted by molar-refractivity contribution is 6.31. The van der Waals surface area contributed by atoms with Gasteiger partial charge in [0.2, 0.25) is 5.95 Å². The molecule has 5 nitrogen and oxygen atoms in total. The molecule has 0 spiro atoms. The molecule has 144 valence electrons. The second-order valence-electron chi connectivity index (χ2n) is 6.43. The van der Waals surface area contributed by atoms with Crippen LogP contribution in [0.3, 0.4) is 0 Å². The number of halogens is 2. The lowest BCUT2D eigenvalue weighted by atomic mass is 10.1. The fourth-order valence-electron chi connectivity index (χ4n) is 2.65. The summed E-state index contributed by atoms with van der Waals surface area (Å²) in [6.07, 6.45) is 0.681. The van der Waals surface area contributed by atoms with Crippen LogP contribution in [0.5, 0.6) is 0 Å². The molecule has 1 heterocycles. The number of hydrogen-bond donors (Lipinski definition) is 2. The van der Waals surface area contributed by atoms with Crippen LogP contribution in [0, 0.1) is 19.7 Å². The smallest absolute Gasteiger partial charge is 0.274 e. The molecule has 0 radical (unpaired) electrons. The summed E-state index contributed by atoms with van der Waals surface area (Å²) in [6.45, 7) is 4.25. The fourth-order valence-corrected chi connectivity index (χ4v) is 2.82. The molecule has 3 rings (SSSR count). The summed E-state index contributed by atoms with van der Waals surface area (Å²) in [5.74, 6) is -0.225. The maximum Gasteiger partial charge on any atom is 0.274 e. The first-order valence-electron chi connectivity index (χ1n) is 8.82. The largest absolute Gasteiger partial charge is 0.354 e. The molecule has 7 heteroatoms. The van der Waals surface area contributed by atoms with Crippen LogP contribution in [-0.2, 0) is 6.42 Å². The zero-order valence-electron chi connectivity index (χ0n) is 15.6. The molecule has 0 bridgehead atoms. The van der Waals surface area contributed by atoms with Crippen molar-refractivity contribution in [1.82, 2.24) is 9.97 Å². The molecule has 3 aromatic rings. The predicted molar refractivity (Wildman–Crippen MR) is 110 cm³/mol. The number of carbonyl (C=O) groups excluding carboxylic acids is 1. The van der Waals surface area contributed by atoms with Crippen LogP contribution in [-0.4, -0.2) is 22.4 Å². The predicted octanol–water partition coefficient (Wildman–Crippen LogP) is 4.79. The van der Waals surface area contributed by atoms with Crippen molar-refractivity contribution in [3.8, 4) is 0 Å². The molecule has 0 unspecified atom stereocenters. The molecule has 0 fully saturated rings. The van der Waals surface area contributed by atoms with Gasteiger partial charge in [0.15, 0.2) is 0 Å². The van der Waals surface area contributed by atoms with Gasteiger partial charge in [-0.1, -0.05) is 29.8 Å². The van der Waals surface area contributed by atoms with Gasteiger partial charge in [-0.3, -0.25) is 4.79 Å². The molecule has 2 aromatic carbocycles. The highest BCUT2D eigenvalue weighted by Gasteiger charge is 2.12. The number of benzene rings is 2. The van der Waals surface area contributed by atoms with Gasteiger partial charge in [0.25, 0.3) is 5.91 Å². The van der Waals surface area contributed by atoms with E-state index in [0.29, 0.717) is 35.3 Å². The molecule has 0 saturated carbocycles. The number of amides is 1. The van der Waals surface area contributed by atoms with Gasteiger partial charge < -0.3 is 10.6 Å². The quantitative estimate of drug-likeness (QED) is 0.626. The Morgan fingerprint density at radius 2 is 1.82 bits per heavy atom. The van der Waals surface area contributed by atoms with Crippen molar-refractivity contribution in [2.45, 2.75) is 20.3 Å². The Balaban J connectivity index is 1.67. The van der Waals surface area contributed by atoms with Crippen molar-refractivity contribution in [3.05, 3.63) is 81.9 Å². The van der Waals surface area contributed by atoms with E-state index >= 15 is 0 Å². The van der Waals surface area contributed by atoms with E-state index in [2.05, 4.69) is 20.6 Å². The minimum atomic E-state index is -0.336. The Morgan fingerprint density at radius 3 is 2.57 bits per heavy atom. The van der Waals surface area contributed by atoms with Crippen molar-refractivity contribution in [3.63, 3.8) is 0 Å². The van der Waals surface area contributed by atoms with E-state index in [0.717, 1.165) is 11.1 Å². The highest BCUT2D eigenvalue weighted by atomic mass is 35.5. The van der Waals surface area contributed by atoms with Crippen molar-refractivity contribution in [2.75, 3.05) is 17.2 Å². The Labute approximate surface area is 168 Å². The second kappa shape index (κ2) is 8.80. The molecule has 0 aliphatic carbocycles. The fraction of sp³-hybridized carbons (Fsp3) is 0.190. The van der Waals surface area contributed by atoms with Gasteiger partial charge in [-0.05, 0) is 61.7 Å². The zero-order chi connectivity index (χ0) is 20.1. The first kappa shape index (κ1) is 19.8. The monoisotopic (exact) mass is 398 g/mol. The number of nitrogens with zero attached hydrogens (tertiary/aromatic N) is 2. The van der Waals surface area contributed by atoms with E-state index in [-0.39, 0.29) is 17.4 Å². The van der Waals surface area contributed by atoms with Gasteiger partial charge in [0.1, 0.15) is 11.5 Å². The standard InChI is InChI=1S/C21H20ClFN4O/c1-13-3-6-16(22)12-18(13)26-20(28)19-11-14(2)25-21(27-19)24-10-9-15-4-7-17(23)8-5-15/h3-8,11-12H,9-10H2,1-2H3,(H,26,28)(H,24,25,27). The number of hydrogen-bond acceptors (Lipinski definition) is 4. The van der Waals surface area contributed by atoms with Gasteiger partial charge in [-0.2, -0.15) is 0 Å². The topological polar surface area (TPSA) is 66.9 Å². The first-order valence-corrected chi connectivity index (χ1v) is 9.20. The van der Waals surface area contributed by atoms with Crippen molar-refractivity contribution >= 4 is 29.1 Å². The molecule has 28 heavy (non-hydrogen) atoms. The van der Waals surface area contributed by atoms with Gasteiger partial charge in [0.05, 0.1) is 0 Å². The summed E-state index contributed by atoms with van der Waals surface area (Å²) in [7, 11) is 0. The zero-order valence-corrected chi connectivity index (χ0v) is 16.3. The van der Waals surface area contributed by atoms with Crippen LogP contribution in [0.4, 0.5) is 16.0 Å². The third kappa shape index (κ3) is 5.27. The second-order valence-corrected chi connectivity index (χ2v) is 6.87. The van der Waals surface area contributed by atoms with E-state index in [1.807, 2.05) is 13.0 Å². The van der Waals surface area contributed by atoms with Gasteiger partial charge in [-0.25, -0.2) is 14.4 Å². The summed E-state index contributed by atoms with van der Waals surface area (Å²) in [5.41, 5.74) is 3.47. The van der Waals surface area contributed by atoms with Gasteiger partial charge in [0, 0.05) is 22.9 Å². The average molecular weight is 399 g/mol. The number of aromatic nitrogens is 2. The minimum Gasteiger partial charge on any atom is -0.354 e. The van der Waals surface area contributed by atoms with E-state index in [4.69, 9.17) is 11.6 Å². The van der Waals surface area contributed by atoms with Crippen molar-refractivity contribution in [2.24, 2.45) is 0 Å². The normalized spacial score (nSPS) is 10.6. The lowest BCUT2D eigenvalue weighted by molar-refractivity contribution is 0.102. The lowest BCUT2D eigenvalue weighted by Gasteiger charge is -2.11. The van der Waals surface area contributed by atoms with Crippen LogP contribution in [0.25, 0.3) is 0 Å². The van der Waals surface area contributed by atoms with Crippen LogP contribution < -0.4 is 10.6 Å². The van der Waals surface area contributed by atoms with Crippen LogP contribution >= 0.6 is 11.6 Å². The van der Waals surface area contributed by atoms with E-state index in [9.17, 15) is 9.18 Å². The van der Waals surface area contributed by atoms with Crippen molar-refractivity contribution < 1.29 is 9.18 Å². The van der Waals surface area contributed by atoms with Crippen LogP contribution in [0.2, 0.25) is 5.02 Å². The molecule has 2 N–H and O–H groups in total. The molecule has 0 atom stereocenters. The molecular formula is C21H20ClFN4O. The van der Waals surface area contributed by atoms with Gasteiger partial charge in [-0.15, -0.1) is 0 Å². The Bertz CT molecular complexity index is 992. The summed E-state index contributed by atoms with van der Waals surface area (Å²) in [6, 6.07) is 13.3. The Hall–Kier alpha value is -2.99. The van der Waals surface area contributed by atoms with Crippen LogP contribution in [0.15, 0.2) is 48.5 Å². The number of anilines is 2. The van der Waals surface area contributed by atoms with E-state index < -0.39 is 0 Å². The number of aryl methyl sites for hydroxylation is 2. The number of nitrogens with one attached hydrogen (secondary N) is 2. The lowest BCUT2D eigenvalue weighted by Crippen LogP contribution is -2.17. The molecule has 0 aliphatic rings. The van der Waals surface area contributed by atoms with Crippen molar-refractivity contribution in [1.29, 1.82) is 0 Å². The number of carbonyl (C=O) groups is 1. The average Bonchev–Trinajstić information content (AvgIpc) is 2.66. The Kier molecular flexibility index (Phi) is 6.21. The summed E-state index contributed by atoms with van der Waals surface area (Å²) in [4.78, 5) is 21.2. The maximum atomic E-state index is 13.0. The number of rotatable bonds is 6. The summed E-state index contributed by atoms with van der Waals surface area (Å²) < 4.78 is 13.0. The minimum absolute atomic E-state index is 0.260. The van der Waals surface area contributed by atoms with E-state index in [1.165, 1.54) is 12.1 Å². The summed E-state index contributed by atoms with van der Waals surface area (Å²) in [5, 5.41) is 6.49. The van der Waals surface area contributed by atoms with E-state index in [1.54, 1.807) is 37.3 Å². The molecular weight excluding hydrogens is 379 g/mol. The maximum absolute atomic E-state index is 13.0. The molecule has 1 amide bonds. The molecule has 0 saturated heterocycles. The Morgan fingerprint density at radius 1 is 1.07 bits per heavy atom. The third-order valence-corrected chi connectivity index (χ3v) is 4.38. The summed E-state index contributed by atoms with van der Waals surface area (Å²) >= 11 is 6.01. The van der Waals surface area contributed by atoms with Gasteiger partial charge >= 0.3 is 0 Å². The molecule has 1 aromatic heterocycles. The first-order chi connectivity index (χ1) is 13.4. The molecule has 0 aliphatic heterocycles. The SMILES string of the molecule is Cc1cc(C(=O)Nc2cc(Cl)ccc2C)nc(NCCc2ccc(F)cc2)n1. The third-order valence-electron chi connectivity index (χ3n) is 4.14. The highest BCUT2D eigenvalue weighted by Crippen LogP contribution is 2.21. The van der Waals surface area contributed by atoms with Crippen LogP contribution in [0.1, 0.15) is 27.3 Å².